The van der Waals surface area contributed by atoms with Crippen LogP contribution >= 0.6 is 11.6 Å². The monoisotopic (exact) mass is 287 g/mol. The first-order valence-corrected chi connectivity index (χ1v) is 6.34. The molecule has 100 valence electrons. The second-order valence-corrected chi connectivity index (χ2v) is 4.63. The number of halogens is 2. The van der Waals surface area contributed by atoms with Gasteiger partial charge in [-0.25, -0.2) is 9.37 Å². The van der Waals surface area contributed by atoms with Crippen molar-refractivity contribution in [2.45, 2.75) is 13.3 Å². The van der Waals surface area contributed by atoms with Crippen LogP contribution in [0.2, 0.25) is 5.15 Å². The number of benzene rings is 1. The number of nitrogens with zero attached hydrogens (tertiary/aromatic N) is 1. The van der Waals surface area contributed by atoms with E-state index in [1.165, 1.54) is 18.3 Å². The van der Waals surface area contributed by atoms with Crippen molar-refractivity contribution in [3.05, 3.63) is 63.7 Å². The fourth-order valence-corrected chi connectivity index (χ4v) is 1.88. The zero-order valence-electron chi connectivity index (χ0n) is 10.8. The minimum atomic E-state index is -0.331. The van der Waals surface area contributed by atoms with Gasteiger partial charge in [-0.1, -0.05) is 29.5 Å². The van der Waals surface area contributed by atoms with Crippen molar-refractivity contribution in [1.29, 1.82) is 0 Å². The topological polar surface area (TPSA) is 30.0 Å². The van der Waals surface area contributed by atoms with E-state index in [4.69, 9.17) is 11.6 Å². The Kier molecular flexibility index (Phi) is 4.49. The quantitative estimate of drug-likeness (QED) is 0.482. The molecule has 0 aliphatic rings. The number of aldehydes is 1. The number of carbonyl (C=O) groups is 1. The molecule has 0 aliphatic carbocycles. The molecule has 0 saturated carbocycles. The summed E-state index contributed by atoms with van der Waals surface area (Å²) in [5, 5.41) is 0.314. The molecule has 0 spiro atoms. The molecular formula is C16H11ClFNO. The Hall–Kier alpha value is -2.18. The van der Waals surface area contributed by atoms with Gasteiger partial charge in [0.15, 0.2) is 0 Å². The Balaban J connectivity index is 2.42. The summed E-state index contributed by atoms with van der Waals surface area (Å²) in [5.41, 5.74) is 2.82. The van der Waals surface area contributed by atoms with Crippen molar-refractivity contribution in [3.8, 4) is 11.8 Å². The van der Waals surface area contributed by atoms with Crippen LogP contribution in [0.1, 0.15) is 22.3 Å². The maximum atomic E-state index is 13.2. The van der Waals surface area contributed by atoms with Gasteiger partial charge in [0.25, 0.3) is 0 Å². The van der Waals surface area contributed by atoms with Gasteiger partial charge in [-0.15, -0.1) is 0 Å². The second kappa shape index (κ2) is 6.31. The molecule has 1 aromatic carbocycles. The molecule has 0 amide bonds. The van der Waals surface area contributed by atoms with Gasteiger partial charge in [0, 0.05) is 23.7 Å². The van der Waals surface area contributed by atoms with Gasteiger partial charge in [0.2, 0.25) is 0 Å². The summed E-state index contributed by atoms with van der Waals surface area (Å²) in [6.45, 7) is 1.86. The summed E-state index contributed by atoms with van der Waals surface area (Å²) in [5.74, 6) is 5.48. The molecule has 2 nitrogen and oxygen atoms in total. The highest BCUT2D eigenvalue weighted by Crippen LogP contribution is 2.13. The Morgan fingerprint density at radius 3 is 2.80 bits per heavy atom. The van der Waals surface area contributed by atoms with E-state index in [1.807, 2.05) is 6.92 Å². The van der Waals surface area contributed by atoms with E-state index in [0.717, 1.165) is 11.8 Å². The summed E-state index contributed by atoms with van der Waals surface area (Å²) in [6, 6.07) is 6.05. The Bertz CT molecular complexity index is 716. The van der Waals surface area contributed by atoms with Gasteiger partial charge >= 0.3 is 0 Å². The molecule has 0 radical (unpaired) electrons. The SMILES string of the molecule is Cc1ccc(F)cc1C#Cc1cnc(Cl)cc1CC=O. The first-order chi connectivity index (χ1) is 9.60. The number of aromatic nitrogens is 1. The highest BCUT2D eigenvalue weighted by Gasteiger charge is 2.02. The highest BCUT2D eigenvalue weighted by molar-refractivity contribution is 6.29. The first-order valence-electron chi connectivity index (χ1n) is 5.96. The van der Waals surface area contributed by atoms with Gasteiger partial charge < -0.3 is 4.79 Å². The summed E-state index contributed by atoms with van der Waals surface area (Å²) >= 11 is 5.79. The van der Waals surface area contributed by atoms with Crippen LogP contribution < -0.4 is 0 Å². The lowest BCUT2D eigenvalue weighted by Gasteiger charge is -2.01. The van der Waals surface area contributed by atoms with Crippen molar-refractivity contribution < 1.29 is 9.18 Å². The number of aryl methyl sites for hydroxylation is 1. The fraction of sp³-hybridized carbons (Fsp3) is 0.125. The maximum absolute atomic E-state index is 13.2. The van der Waals surface area contributed by atoms with Gasteiger partial charge in [0.1, 0.15) is 17.3 Å². The number of pyridine rings is 1. The summed E-state index contributed by atoms with van der Waals surface area (Å²) < 4.78 is 13.2. The summed E-state index contributed by atoms with van der Waals surface area (Å²) in [7, 11) is 0. The maximum Gasteiger partial charge on any atom is 0.129 e. The van der Waals surface area contributed by atoms with Crippen molar-refractivity contribution in [2.75, 3.05) is 0 Å². The first kappa shape index (κ1) is 14.2. The minimum Gasteiger partial charge on any atom is -0.303 e. The normalized spacial score (nSPS) is 9.75. The van der Waals surface area contributed by atoms with Crippen molar-refractivity contribution >= 4 is 17.9 Å². The summed E-state index contributed by atoms with van der Waals surface area (Å²) in [4.78, 5) is 14.6. The predicted molar refractivity (Wildman–Crippen MR) is 76.1 cm³/mol. The Morgan fingerprint density at radius 1 is 1.30 bits per heavy atom. The standard InChI is InChI=1S/C16H11ClFNO/c1-11-2-5-15(18)8-12(11)3-4-14-10-19-16(17)9-13(14)6-7-20/h2,5,7-10H,6H2,1H3. The molecule has 2 aromatic rings. The van der Waals surface area contributed by atoms with Crippen LogP contribution in [0.5, 0.6) is 0 Å². The third-order valence-corrected chi connectivity index (χ3v) is 3.00. The Morgan fingerprint density at radius 2 is 2.05 bits per heavy atom. The van der Waals surface area contributed by atoms with E-state index in [9.17, 15) is 9.18 Å². The molecule has 2 rings (SSSR count). The van der Waals surface area contributed by atoms with E-state index in [0.29, 0.717) is 21.8 Å². The molecule has 20 heavy (non-hydrogen) atoms. The van der Waals surface area contributed by atoms with Crippen LogP contribution in [0.4, 0.5) is 4.39 Å². The third kappa shape index (κ3) is 3.43. The average molecular weight is 288 g/mol. The van der Waals surface area contributed by atoms with Crippen molar-refractivity contribution in [2.24, 2.45) is 0 Å². The second-order valence-electron chi connectivity index (χ2n) is 4.24. The highest BCUT2D eigenvalue weighted by atomic mass is 35.5. The largest absolute Gasteiger partial charge is 0.303 e. The molecule has 0 unspecified atom stereocenters. The van der Waals surface area contributed by atoms with Crippen LogP contribution in [0.15, 0.2) is 30.5 Å². The number of hydrogen-bond donors (Lipinski definition) is 0. The molecule has 0 bridgehead atoms. The zero-order chi connectivity index (χ0) is 14.5. The molecule has 4 heteroatoms. The zero-order valence-corrected chi connectivity index (χ0v) is 11.5. The van der Waals surface area contributed by atoms with Crippen LogP contribution in [-0.2, 0) is 11.2 Å². The molecule has 0 aliphatic heterocycles. The number of rotatable bonds is 2. The van der Waals surface area contributed by atoms with Gasteiger partial charge in [-0.05, 0) is 36.2 Å². The molecule has 0 saturated heterocycles. The Labute approximate surface area is 121 Å². The van der Waals surface area contributed by atoms with E-state index >= 15 is 0 Å². The molecule has 0 atom stereocenters. The van der Waals surface area contributed by atoms with Crippen LogP contribution in [0, 0.1) is 24.6 Å². The van der Waals surface area contributed by atoms with Gasteiger partial charge in [0.05, 0.1) is 0 Å². The fourth-order valence-electron chi connectivity index (χ4n) is 1.70. The molecule has 1 aromatic heterocycles. The smallest absolute Gasteiger partial charge is 0.129 e. The summed E-state index contributed by atoms with van der Waals surface area (Å²) in [6.07, 6.45) is 2.52. The van der Waals surface area contributed by atoms with Crippen LogP contribution in [0.3, 0.4) is 0 Å². The van der Waals surface area contributed by atoms with E-state index in [1.54, 1.807) is 12.1 Å². The lowest BCUT2D eigenvalue weighted by Crippen LogP contribution is -1.93. The lowest BCUT2D eigenvalue weighted by atomic mass is 10.1. The van der Waals surface area contributed by atoms with Gasteiger partial charge in [-0.3, -0.25) is 0 Å². The van der Waals surface area contributed by atoms with Crippen molar-refractivity contribution in [1.82, 2.24) is 4.98 Å². The minimum absolute atomic E-state index is 0.217. The van der Waals surface area contributed by atoms with Crippen LogP contribution in [0.25, 0.3) is 0 Å². The van der Waals surface area contributed by atoms with Gasteiger partial charge in [-0.2, -0.15) is 0 Å². The number of hydrogen-bond acceptors (Lipinski definition) is 2. The lowest BCUT2D eigenvalue weighted by molar-refractivity contribution is -0.107. The van der Waals surface area contributed by atoms with E-state index in [2.05, 4.69) is 16.8 Å². The predicted octanol–water partition coefficient (Wildman–Crippen LogP) is 3.32. The van der Waals surface area contributed by atoms with Crippen LogP contribution in [-0.4, -0.2) is 11.3 Å². The molecule has 0 fully saturated rings. The third-order valence-electron chi connectivity index (χ3n) is 2.79. The molecule has 1 heterocycles. The van der Waals surface area contributed by atoms with E-state index < -0.39 is 0 Å². The van der Waals surface area contributed by atoms with Crippen molar-refractivity contribution in [3.63, 3.8) is 0 Å². The average Bonchev–Trinajstić information content (AvgIpc) is 2.42. The number of carbonyl (C=O) groups excluding carboxylic acids is 1. The van der Waals surface area contributed by atoms with E-state index in [-0.39, 0.29) is 12.2 Å². The molecule has 0 N–H and O–H groups in total. The molecular weight excluding hydrogens is 277 g/mol.